The van der Waals surface area contributed by atoms with E-state index in [1.807, 2.05) is 12.1 Å². The molecule has 0 amide bonds. The van der Waals surface area contributed by atoms with Crippen LogP contribution >= 0.6 is 11.6 Å². The third kappa shape index (κ3) is 7.41. The zero-order valence-electron chi connectivity index (χ0n) is 24.1. The van der Waals surface area contributed by atoms with Crippen LogP contribution in [0.1, 0.15) is 43.4 Å². The Hall–Kier alpha value is -3.54. The first kappa shape index (κ1) is 30.4. The molecule has 41 heavy (non-hydrogen) atoms. The van der Waals surface area contributed by atoms with E-state index in [1.54, 1.807) is 7.11 Å². The van der Waals surface area contributed by atoms with Gasteiger partial charge >= 0.3 is 12.0 Å². The quantitative estimate of drug-likeness (QED) is 0.398. The van der Waals surface area contributed by atoms with Gasteiger partial charge < -0.3 is 24.5 Å². The molecule has 0 radical (unpaired) electrons. The smallest absolute Gasteiger partial charge is 0.318 e. The molecule has 0 bridgehead atoms. The third-order valence-electron chi connectivity index (χ3n) is 8.08. The third-order valence-corrected chi connectivity index (χ3v) is 8.40. The molecule has 0 saturated carbocycles. The van der Waals surface area contributed by atoms with Crippen LogP contribution in [0.5, 0.6) is 6.01 Å². The number of terminal acetylenes is 1. The number of methoxy groups -OCH3 is 1. The molecule has 0 aliphatic carbocycles. The summed E-state index contributed by atoms with van der Waals surface area (Å²) >= 11 is 6.58. The van der Waals surface area contributed by atoms with Crippen molar-refractivity contribution in [3.8, 4) is 18.9 Å². The minimum absolute atomic E-state index is 0.227. The van der Waals surface area contributed by atoms with Crippen LogP contribution in [0.25, 0.3) is 10.8 Å². The standard InChI is InChI=1S/C25H27ClN4O3.C5H11N.C2H2/c1-33-25-27-20-15-30(21-7-3-5-17-4-2-6-19(26)23(17)21)13-10-18(20)24(28-25)29-11-8-16(9-12-29)14-22(31)32;1-6-4-2-3-5-6;1-2/h2-7,16H,8-15H2,1H3,(H,31,32);2-5H2,1H3;1-2H. The molecule has 4 heterocycles. The largest absolute Gasteiger partial charge is 0.481 e. The molecule has 0 atom stereocenters. The van der Waals surface area contributed by atoms with Gasteiger partial charge in [0.1, 0.15) is 5.82 Å². The number of aromatic nitrogens is 2. The first-order chi connectivity index (χ1) is 19.9. The number of anilines is 2. The maximum absolute atomic E-state index is 11.1. The molecule has 2 fully saturated rings. The van der Waals surface area contributed by atoms with Gasteiger partial charge in [0, 0.05) is 42.7 Å². The highest BCUT2D eigenvalue weighted by Gasteiger charge is 2.29. The number of benzene rings is 2. The second kappa shape index (κ2) is 14.4. The molecule has 3 aromatic rings. The van der Waals surface area contributed by atoms with Crippen molar-refractivity contribution in [2.45, 2.75) is 45.1 Å². The lowest BCUT2D eigenvalue weighted by atomic mass is 9.93. The topological polar surface area (TPSA) is 82.0 Å². The van der Waals surface area contributed by atoms with Crippen molar-refractivity contribution in [1.29, 1.82) is 0 Å². The van der Waals surface area contributed by atoms with Gasteiger partial charge in [0.15, 0.2) is 0 Å². The summed E-state index contributed by atoms with van der Waals surface area (Å²) in [4.78, 5) is 27.5. The van der Waals surface area contributed by atoms with Crippen LogP contribution in [0.3, 0.4) is 0 Å². The van der Waals surface area contributed by atoms with Crippen LogP contribution in [0.4, 0.5) is 11.5 Å². The Morgan fingerprint density at radius 2 is 1.71 bits per heavy atom. The Kier molecular flexibility index (Phi) is 10.7. The summed E-state index contributed by atoms with van der Waals surface area (Å²) in [6, 6.07) is 12.6. The lowest BCUT2D eigenvalue weighted by molar-refractivity contribution is -0.138. The van der Waals surface area contributed by atoms with Gasteiger partial charge in [-0.2, -0.15) is 9.97 Å². The van der Waals surface area contributed by atoms with E-state index < -0.39 is 5.97 Å². The maximum atomic E-state index is 11.1. The van der Waals surface area contributed by atoms with E-state index in [9.17, 15) is 4.79 Å². The summed E-state index contributed by atoms with van der Waals surface area (Å²) in [6.07, 6.45) is 13.6. The highest BCUT2D eigenvalue weighted by Crippen LogP contribution is 2.37. The predicted molar refractivity (Wildman–Crippen MR) is 166 cm³/mol. The molecule has 3 aliphatic rings. The van der Waals surface area contributed by atoms with E-state index in [2.05, 4.69) is 58.9 Å². The summed E-state index contributed by atoms with van der Waals surface area (Å²) in [5, 5.41) is 12.0. The Bertz CT molecular complexity index is 1340. The van der Waals surface area contributed by atoms with Crippen molar-refractivity contribution in [3.63, 3.8) is 0 Å². The number of carboxylic acids is 1. The highest BCUT2D eigenvalue weighted by atomic mass is 35.5. The van der Waals surface area contributed by atoms with E-state index in [0.717, 1.165) is 77.5 Å². The Morgan fingerprint density at radius 1 is 1.02 bits per heavy atom. The number of halogens is 1. The van der Waals surface area contributed by atoms with Crippen molar-refractivity contribution in [2.24, 2.45) is 5.92 Å². The molecular formula is C32H40ClN5O3. The summed E-state index contributed by atoms with van der Waals surface area (Å²) in [6.45, 7) is 5.73. The Morgan fingerprint density at radius 3 is 2.32 bits per heavy atom. The second-order valence-corrected chi connectivity index (χ2v) is 11.2. The highest BCUT2D eigenvalue weighted by molar-refractivity contribution is 6.36. The van der Waals surface area contributed by atoms with Crippen LogP contribution in [-0.2, 0) is 17.8 Å². The molecular weight excluding hydrogens is 538 g/mol. The van der Waals surface area contributed by atoms with Crippen LogP contribution in [-0.4, -0.2) is 72.8 Å². The number of nitrogens with zero attached hydrogens (tertiary/aromatic N) is 5. The van der Waals surface area contributed by atoms with E-state index in [1.165, 1.54) is 25.9 Å². The molecule has 2 aromatic carbocycles. The first-order valence-corrected chi connectivity index (χ1v) is 14.7. The zero-order valence-corrected chi connectivity index (χ0v) is 24.8. The summed E-state index contributed by atoms with van der Waals surface area (Å²) in [7, 11) is 3.77. The van der Waals surface area contributed by atoms with Gasteiger partial charge in [-0.25, -0.2) is 0 Å². The molecule has 1 N–H and O–H groups in total. The minimum atomic E-state index is -0.719. The number of ether oxygens (including phenoxy) is 1. The van der Waals surface area contributed by atoms with E-state index >= 15 is 0 Å². The van der Waals surface area contributed by atoms with Crippen molar-refractivity contribution in [1.82, 2.24) is 14.9 Å². The normalized spacial score (nSPS) is 17.2. The summed E-state index contributed by atoms with van der Waals surface area (Å²) in [5.74, 6) is 0.439. The number of fused-ring (bicyclic) bond motifs is 2. The van der Waals surface area contributed by atoms with Crippen molar-refractivity contribution in [3.05, 3.63) is 52.7 Å². The molecule has 0 unspecified atom stereocenters. The fraction of sp³-hybridized carbons (Fsp3) is 0.469. The SMILES string of the molecule is C#C.CN1CCCC1.COc1nc2c(c(N3CCC(CC(=O)O)CC3)n1)CCN(c1cccc3cccc(Cl)c13)C2. The molecule has 2 saturated heterocycles. The zero-order chi connectivity index (χ0) is 29.4. The van der Waals surface area contributed by atoms with Gasteiger partial charge in [0.05, 0.1) is 24.4 Å². The molecule has 6 rings (SSSR count). The van der Waals surface area contributed by atoms with Crippen LogP contribution in [0.15, 0.2) is 36.4 Å². The Balaban J connectivity index is 0.000000424. The van der Waals surface area contributed by atoms with Crippen LogP contribution in [0, 0.1) is 18.8 Å². The number of carboxylic acid groups (broad SMARTS) is 1. The van der Waals surface area contributed by atoms with Gasteiger partial charge in [-0.15, -0.1) is 12.8 Å². The summed E-state index contributed by atoms with van der Waals surface area (Å²) in [5.41, 5.74) is 3.24. The van der Waals surface area contributed by atoms with Gasteiger partial charge in [0.25, 0.3) is 0 Å². The molecule has 8 nitrogen and oxygen atoms in total. The van der Waals surface area contributed by atoms with Crippen molar-refractivity contribution < 1.29 is 14.6 Å². The number of hydrogen-bond donors (Lipinski definition) is 1. The minimum Gasteiger partial charge on any atom is -0.481 e. The molecule has 1 aromatic heterocycles. The van der Waals surface area contributed by atoms with E-state index in [4.69, 9.17) is 31.4 Å². The number of carbonyl (C=O) groups is 1. The van der Waals surface area contributed by atoms with Crippen molar-refractivity contribution in [2.75, 3.05) is 56.7 Å². The number of aliphatic carboxylic acids is 1. The average molecular weight is 578 g/mol. The van der Waals surface area contributed by atoms with Gasteiger partial charge in [-0.1, -0.05) is 35.9 Å². The number of piperidine rings is 1. The fourth-order valence-corrected chi connectivity index (χ4v) is 6.24. The molecule has 3 aliphatic heterocycles. The van der Waals surface area contributed by atoms with E-state index in [-0.39, 0.29) is 12.3 Å². The maximum Gasteiger partial charge on any atom is 0.318 e. The fourth-order valence-electron chi connectivity index (χ4n) is 5.96. The number of likely N-dealkylation sites (tertiary alicyclic amines) is 1. The van der Waals surface area contributed by atoms with Crippen LogP contribution < -0.4 is 14.5 Å². The first-order valence-electron chi connectivity index (χ1n) is 14.3. The molecule has 9 heteroatoms. The average Bonchev–Trinajstić information content (AvgIpc) is 3.48. The lowest BCUT2D eigenvalue weighted by Gasteiger charge is -2.36. The number of rotatable bonds is 5. The lowest BCUT2D eigenvalue weighted by Crippen LogP contribution is -2.38. The Labute approximate surface area is 248 Å². The monoisotopic (exact) mass is 577 g/mol. The van der Waals surface area contributed by atoms with Crippen molar-refractivity contribution >= 4 is 39.8 Å². The van der Waals surface area contributed by atoms with Gasteiger partial charge in [-0.3, -0.25) is 4.79 Å². The van der Waals surface area contributed by atoms with Gasteiger partial charge in [-0.05, 0) is 75.7 Å². The predicted octanol–water partition coefficient (Wildman–Crippen LogP) is 5.51. The van der Waals surface area contributed by atoms with E-state index in [0.29, 0.717) is 12.6 Å². The summed E-state index contributed by atoms with van der Waals surface area (Å²) < 4.78 is 5.45. The molecule has 0 spiro atoms. The van der Waals surface area contributed by atoms with Gasteiger partial charge in [0.2, 0.25) is 0 Å². The van der Waals surface area contributed by atoms with Crippen LogP contribution in [0.2, 0.25) is 5.02 Å². The number of hydrogen-bond acceptors (Lipinski definition) is 7. The second-order valence-electron chi connectivity index (χ2n) is 10.8. The molecule has 218 valence electrons.